The van der Waals surface area contributed by atoms with E-state index < -0.39 is 0 Å². The summed E-state index contributed by atoms with van der Waals surface area (Å²) in [5.41, 5.74) is 8.51. The topological polar surface area (TPSA) is 55.1 Å². The van der Waals surface area contributed by atoms with E-state index in [1.807, 2.05) is 42.5 Å². The van der Waals surface area contributed by atoms with Gasteiger partial charge in [0, 0.05) is 5.69 Å². The number of amides is 1. The van der Waals surface area contributed by atoms with Gasteiger partial charge in [-0.1, -0.05) is 56.3 Å². The first kappa shape index (κ1) is 19.0. The van der Waals surface area contributed by atoms with Gasteiger partial charge in [-0.15, -0.1) is 12.4 Å². The maximum Gasteiger partial charge on any atom is 0.224 e. The van der Waals surface area contributed by atoms with Crippen molar-refractivity contribution in [3.63, 3.8) is 0 Å². The van der Waals surface area contributed by atoms with Crippen LogP contribution in [0.3, 0.4) is 0 Å². The number of anilines is 1. The fraction of sp³-hybridized carbons (Fsp3) is 0.316. The largest absolute Gasteiger partial charge is 0.399 e. The Morgan fingerprint density at radius 1 is 1.04 bits per heavy atom. The maximum absolute atomic E-state index is 12.3. The molecule has 2 rings (SSSR count). The Bertz CT molecular complexity index is 597. The molecule has 1 unspecified atom stereocenters. The third-order valence-electron chi connectivity index (χ3n) is 3.59. The average molecular weight is 333 g/mol. The standard InChI is InChI=1S/C19H24N2O.ClH/c1-14(2)12-18(16-6-4-3-5-7-16)21-19(22)13-15-8-10-17(20)11-9-15;/h3-11,14,18H,12-13,20H2,1-2H3,(H,21,22);1H. The molecule has 0 radical (unpaired) electrons. The van der Waals surface area contributed by atoms with Crippen molar-refractivity contribution in [2.75, 3.05) is 5.73 Å². The third-order valence-corrected chi connectivity index (χ3v) is 3.59. The maximum atomic E-state index is 12.3. The summed E-state index contributed by atoms with van der Waals surface area (Å²) in [5, 5.41) is 3.16. The van der Waals surface area contributed by atoms with Gasteiger partial charge in [0.1, 0.15) is 0 Å². The summed E-state index contributed by atoms with van der Waals surface area (Å²) < 4.78 is 0. The van der Waals surface area contributed by atoms with Crippen LogP contribution in [0.5, 0.6) is 0 Å². The Morgan fingerprint density at radius 2 is 1.65 bits per heavy atom. The molecule has 23 heavy (non-hydrogen) atoms. The van der Waals surface area contributed by atoms with E-state index in [-0.39, 0.29) is 24.4 Å². The first-order chi connectivity index (χ1) is 10.5. The van der Waals surface area contributed by atoms with Gasteiger partial charge in [-0.3, -0.25) is 4.79 Å². The third kappa shape index (κ3) is 6.33. The minimum Gasteiger partial charge on any atom is -0.399 e. The molecule has 1 amide bonds. The smallest absolute Gasteiger partial charge is 0.224 e. The lowest BCUT2D eigenvalue weighted by Crippen LogP contribution is -2.30. The van der Waals surface area contributed by atoms with Gasteiger partial charge in [-0.05, 0) is 35.6 Å². The van der Waals surface area contributed by atoms with Gasteiger partial charge in [0.05, 0.1) is 12.5 Å². The molecule has 0 saturated heterocycles. The number of nitrogens with two attached hydrogens (primary N) is 1. The highest BCUT2D eigenvalue weighted by atomic mass is 35.5. The van der Waals surface area contributed by atoms with Crippen molar-refractivity contribution in [1.82, 2.24) is 5.32 Å². The zero-order valence-electron chi connectivity index (χ0n) is 13.7. The second-order valence-electron chi connectivity index (χ2n) is 6.08. The SMILES string of the molecule is CC(C)CC(NC(=O)Cc1ccc(N)cc1)c1ccccc1.Cl. The number of nitrogens with one attached hydrogen (secondary N) is 1. The molecule has 2 aromatic rings. The second kappa shape index (κ2) is 9.21. The van der Waals surface area contributed by atoms with Crippen molar-refractivity contribution in [2.24, 2.45) is 5.92 Å². The molecule has 0 aliphatic carbocycles. The van der Waals surface area contributed by atoms with Crippen molar-refractivity contribution in [2.45, 2.75) is 32.7 Å². The Morgan fingerprint density at radius 3 is 2.22 bits per heavy atom. The van der Waals surface area contributed by atoms with Crippen molar-refractivity contribution >= 4 is 24.0 Å². The quantitative estimate of drug-likeness (QED) is 0.781. The lowest BCUT2D eigenvalue weighted by atomic mass is 9.96. The van der Waals surface area contributed by atoms with E-state index in [0.717, 1.165) is 17.5 Å². The molecule has 0 spiro atoms. The molecule has 1 atom stereocenters. The second-order valence-corrected chi connectivity index (χ2v) is 6.08. The fourth-order valence-electron chi connectivity index (χ4n) is 2.50. The van der Waals surface area contributed by atoms with Crippen molar-refractivity contribution in [3.8, 4) is 0 Å². The number of carbonyl (C=O) groups excluding carboxylic acids is 1. The predicted octanol–water partition coefficient (Wildman–Crippen LogP) is 4.14. The normalized spacial score (nSPS) is 11.6. The average Bonchev–Trinajstić information content (AvgIpc) is 2.49. The van der Waals surface area contributed by atoms with Crippen LogP contribution in [0.1, 0.15) is 37.4 Å². The number of nitrogen functional groups attached to an aromatic ring is 1. The predicted molar refractivity (Wildman–Crippen MR) is 98.6 cm³/mol. The summed E-state index contributed by atoms with van der Waals surface area (Å²) in [6.07, 6.45) is 1.30. The van der Waals surface area contributed by atoms with Crippen LogP contribution in [0.15, 0.2) is 54.6 Å². The molecule has 4 heteroatoms. The molecule has 0 heterocycles. The molecule has 0 fully saturated rings. The van der Waals surface area contributed by atoms with Gasteiger partial charge in [0.25, 0.3) is 0 Å². The molecule has 0 aliphatic heterocycles. The Hall–Kier alpha value is -2.00. The van der Waals surface area contributed by atoms with Crippen molar-refractivity contribution < 1.29 is 4.79 Å². The van der Waals surface area contributed by atoms with Gasteiger partial charge in [-0.2, -0.15) is 0 Å². The van der Waals surface area contributed by atoms with Crippen LogP contribution in [-0.4, -0.2) is 5.91 Å². The van der Waals surface area contributed by atoms with Gasteiger partial charge in [-0.25, -0.2) is 0 Å². The Kier molecular flexibility index (Phi) is 7.63. The summed E-state index contributed by atoms with van der Waals surface area (Å²) in [6, 6.07) is 17.6. The van der Waals surface area contributed by atoms with Gasteiger partial charge >= 0.3 is 0 Å². The monoisotopic (exact) mass is 332 g/mol. The minimum absolute atomic E-state index is 0. The molecule has 0 aliphatic rings. The summed E-state index contributed by atoms with van der Waals surface area (Å²) >= 11 is 0. The molecule has 124 valence electrons. The number of halogens is 1. The van der Waals surface area contributed by atoms with E-state index in [9.17, 15) is 4.79 Å². The summed E-state index contributed by atoms with van der Waals surface area (Å²) in [6.45, 7) is 4.34. The summed E-state index contributed by atoms with van der Waals surface area (Å²) in [5.74, 6) is 0.557. The van der Waals surface area contributed by atoms with Crippen LogP contribution in [0.4, 0.5) is 5.69 Å². The van der Waals surface area contributed by atoms with Gasteiger partial charge in [0.2, 0.25) is 5.91 Å². The first-order valence-corrected chi connectivity index (χ1v) is 7.73. The zero-order valence-corrected chi connectivity index (χ0v) is 14.5. The number of hydrogen-bond donors (Lipinski definition) is 2. The summed E-state index contributed by atoms with van der Waals surface area (Å²) in [4.78, 5) is 12.3. The molecule has 3 N–H and O–H groups in total. The van der Waals surface area contributed by atoms with Gasteiger partial charge in [0.15, 0.2) is 0 Å². The molecular formula is C19H25ClN2O. The van der Waals surface area contributed by atoms with E-state index >= 15 is 0 Å². The highest BCUT2D eigenvalue weighted by Gasteiger charge is 2.16. The fourth-order valence-corrected chi connectivity index (χ4v) is 2.50. The molecule has 0 saturated carbocycles. The van der Waals surface area contributed by atoms with Crippen LogP contribution in [0.25, 0.3) is 0 Å². The highest BCUT2D eigenvalue weighted by molar-refractivity contribution is 5.85. The van der Waals surface area contributed by atoms with Crippen LogP contribution >= 0.6 is 12.4 Å². The van der Waals surface area contributed by atoms with Crippen LogP contribution in [-0.2, 0) is 11.2 Å². The Balaban J connectivity index is 0.00000264. The van der Waals surface area contributed by atoms with Gasteiger partial charge < -0.3 is 11.1 Å². The van der Waals surface area contributed by atoms with Crippen molar-refractivity contribution in [3.05, 3.63) is 65.7 Å². The number of hydrogen-bond acceptors (Lipinski definition) is 2. The lowest BCUT2D eigenvalue weighted by Gasteiger charge is -2.21. The van der Waals surface area contributed by atoms with Crippen LogP contribution < -0.4 is 11.1 Å². The van der Waals surface area contributed by atoms with Crippen LogP contribution in [0, 0.1) is 5.92 Å². The highest BCUT2D eigenvalue weighted by Crippen LogP contribution is 2.21. The molecule has 3 nitrogen and oxygen atoms in total. The molecule has 0 aromatic heterocycles. The van der Waals surface area contributed by atoms with E-state index in [2.05, 4.69) is 31.3 Å². The molecule has 0 bridgehead atoms. The number of benzene rings is 2. The zero-order chi connectivity index (χ0) is 15.9. The van der Waals surface area contributed by atoms with E-state index in [1.54, 1.807) is 0 Å². The van der Waals surface area contributed by atoms with E-state index in [4.69, 9.17) is 5.73 Å². The summed E-state index contributed by atoms with van der Waals surface area (Å²) in [7, 11) is 0. The van der Waals surface area contributed by atoms with E-state index in [1.165, 1.54) is 0 Å². The molecular weight excluding hydrogens is 308 g/mol. The lowest BCUT2D eigenvalue weighted by molar-refractivity contribution is -0.121. The number of rotatable bonds is 6. The van der Waals surface area contributed by atoms with Crippen molar-refractivity contribution in [1.29, 1.82) is 0 Å². The Labute approximate surface area is 144 Å². The number of carbonyl (C=O) groups is 1. The van der Waals surface area contributed by atoms with Crippen LogP contribution in [0.2, 0.25) is 0 Å². The van der Waals surface area contributed by atoms with E-state index in [0.29, 0.717) is 18.0 Å². The minimum atomic E-state index is 0. The first-order valence-electron chi connectivity index (χ1n) is 7.73. The molecule has 2 aromatic carbocycles.